The number of amides is 1. The Labute approximate surface area is 159 Å². The Morgan fingerprint density at radius 1 is 1.38 bits per heavy atom. The summed E-state index contributed by atoms with van der Waals surface area (Å²) in [5, 5.41) is 17.0. The number of rotatable bonds is 7. The van der Waals surface area contributed by atoms with Crippen LogP contribution in [-0.2, 0) is 5.75 Å². The molecule has 2 rings (SSSR count). The number of hydrogen-bond acceptors (Lipinski definition) is 5. The van der Waals surface area contributed by atoms with Crippen molar-refractivity contribution >= 4 is 17.7 Å². The predicted molar refractivity (Wildman–Crippen MR) is 106 cm³/mol. The van der Waals surface area contributed by atoms with E-state index in [0.29, 0.717) is 17.0 Å². The van der Waals surface area contributed by atoms with Crippen LogP contribution in [0.15, 0.2) is 53.6 Å². The first-order valence-corrected chi connectivity index (χ1v) is 9.58. The monoisotopic (exact) mass is 374 g/mol. The van der Waals surface area contributed by atoms with Gasteiger partial charge in [-0.15, -0.1) is 16.9 Å². The van der Waals surface area contributed by atoms with Crippen LogP contribution in [0.25, 0.3) is 5.69 Å². The summed E-state index contributed by atoms with van der Waals surface area (Å²) in [7, 11) is 0. The van der Waals surface area contributed by atoms with Crippen LogP contribution in [0.3, 0.4) is 0 Å². The van der Waals surface area contributed by atoms with Crippen LogP contribution in [0.2, 0.25) is 0 Å². The van der Waals surface area contributed by atoms with Gasteiger partial charge in [0.1, 0.15) is 0 Å². The highest BCUT2D eigenvalue weighted by molar-refractivity contribution is 8.02. The maximum atomic E-state index is 11.5. The fraction of sp³-hybridized carbons (Fsp3) is 0.316. The number of hydrogen-bond donors (Lipinski definition) is 2. The normalized spacial score (nSPS) is 11.2. The second-order valence-electron chi connectivity index (χ2n) is 4.95. The van der Waals surface area contributed by atoms with Gasteiger partial charge >= 0.3 is 0 Å². The second kappa shape index (κ2) is 12.1. The van der Waals surface area contributed by atoms with E-state index >= 15 is 0 Å². The lowest BCUT2D eigenvalue weighted by atomic mass is 10.2. The first kappa shape index (κ1) is 21.7. The van der Waals surface area contributed by atoms with Gasteiger partial charge in [0.25, 0.3) is 5.91 Å². The first-order valence-electron chi connectivity index (χ1n) is 8.59. The lowest BCUT2D eigenvalue weighted by molar-refractivity contribution is 0.0706. The summed E-state index contributed by atoms with van der Waals surface area (Å²) in [4.78, 5) is 12.7. The van der Waals surface area contributed by atoms with E-state index in [1.165, 1.54) is 4.91 Å². The number of carbonyl (C=O) groups excluding carboxylic acids is 1. The number of carbonyl (C=O) groups is 1. The van der Waals surface area contributed by atoms with Gasteiger partial charge in [-0.25, -0.2) is 10.2 Å². The van der Waals surface area contributed by atoms with Crippen LogP contribution in [-0.4, -0.2) is 26.1 Å². The van der Waals surface area contributed by atoms with E-state index in [1.807, 2.05) is 39.1 Å². The molecule has 0 unspecified atom stereocenters. The summed E-state index contributed by atoms with van der Waals surface area (Å²) in [6, 6.07) is 6.80. The van der Waals surface area contributed by atoms with Gasteiger partial charge in [0, 0.05) is 16.2 Å². The van der Waals surface area contributed by atoms with Crippen molar-refractivity contribution in [3.8, 4) is 5.69 Å². The van der Waals surface area contributed by atoms with Crippen molar-refractivity contribution in [1.29, 1.82) is 0 Å². The number of nitrogens with zero attached hydrogens (tertiary/aromatic N) is 3. The van der Waals surface area contributed by atoms with E-state index in [2.05, 4.69) is 29.4 Å². The van der Waals surface area contributed by atoms with E-state index < -0.39 is 5.91 Å². The smallest absolute Gasteiger partial charge is 0.274 e. The highest BCUT2D eigenvalue weighted by Gasteiger charge is 2.08. The molecule has 0 aliphatic carbocycles. The van der Waals surface area contributed by atoms with E-state index in [4.69, 9.17) is 5.21 Å². The first-order chi connectivity index (χ1) is 12.7. The van der Waals surface area contributed by atoms with Gasteiger partial charge in [-0.05, 0) is 31.5 Å². The topological polar surface area (TPSA) is 80.0 Å². The molecule has 0 aliphatic rings. The van der Waals surface area contributed by atoms with Crippen LogP contribution >= 0.6 is 11.8 Å². The summed E-state index contributed by atoms with van der Waals surface area (Å²) >= 11 is 1.71. The average molecular weight is 375 g/mol. The molecule has 0 radical (unpaired) electrons. The van der Waals surface area contributed by atoms with E-state index in [1.54, 1.807) is 40.1 Å². The largest absolute Gasteiger partial charge is 0.288 e. The predicted octanol–water partition coefficient (Wildman–Crippen LogP) is 4.52. The second-order valence-corrected chi connectivity index (χ2v) is 6.00. The van der Waals surface area contributed by atoms with Crippen molar-refractivity contribution in [3.05, 3.63) is 64.9 Å². The van der Waals surface area contributed by atoms with Crippen molar-refractivity contribution in [2.24, 2.45) is 0 Å². The highest BCUT2D eigenvalue weighted by Crippen LogP contribution is 2.22. The van der Waals surface area contributed by atoms with E-state index in [0.717, 1.165) is 12.1 Å². The van der Waals surface area contributed by atoms with Crippen molar-refractivity contribution in [2.45, 2.75) is 39.9 Å². The Bertz CT molecular complexity index is 754. The Balaban J connectivity index is 0.00000163. The zero-order valence-corrected chi connectivity index (χ0v) is 16.5. The summed E-state index contributed by atoms with van der Waals surface area (Å²) in [5.41, 5.74) is 3.53. The third-order valence-electron chi connectivity index (χ3n) is 3.14. The van der Waals surface area contributed by atoms with Gasteiger partial charge in [-0.1, -0.05) is 50.3 Å². The van der Waals surface area contributed by atoms with Crippen LogP contribution in [0.4, 0.5) is 0 Å². The molecule has 140 valence electrons. The average Bonchev–Trinajstić information content (AvgIpc) is 3.16. The lowest BCUT2D eigenvalue weighted by Gasteiger charge is -2.03. The van der Waals surface area contributed by atoms with Gasteiger partial charge in [-0.2, -0.15) is 0 Å². The SMILES string of the molecule is C/C=C\C(=C/CC)SCc1cn(-c2cccc(C(=O)NO)c2)nn1.CC. The van der Waals surface area contributed by atoms with Gasteiger partial charge < -0.3 is 0 Å². The summed E-state index contributed by atoms with van der Waals surface area (Å²) in [5.74, 6) is 0.154. The molecule has 0 fully saturated rings. The molecule has 0 saturated carbocycles. The van der Waals surface area contributed by atoms with Gasteiger partial charge in [0.2, 0.25) is 0 Å². The molecule has 0 bridgehead atoms. The molecule has 0 saturated heterocycles. The molecular weight excluding hydrogens is 348 g/mol. The zero-order valence-electron chi connectivity index (χ0n) is 15.6. The number of nitrogens with one attached hydrogen (secondary N) is 1. The number of aromatic nitrogens is 3. The molecule has 1 amide bonds. The molecule has 0 atom stereocenters. The molecule has 1 aromatic carbocycles. The minimum absolute atomic E-state index is 0.350. The van der Waals surface area contributed by atoms with Gasteiger partial charge in [-0.3, -0.25) is 10.0 Å². The number of benzene rings is 1. The molecule has 1 aromatic heterocycles. The van der Waals surface area contributed by atoms with Crippen molar-refractivity contribution < 1.29 is 10.0 Å². The molecule has 0 aliphatic heterocycles. The van der Waals surface area contributed by atoms with Crippen LogP contribution < -0.4 is 5.48 Å². The minimum Gasteiger partial charge on any atom is -0.288 e. The Kier molecular flexibility index (Phi) is 10.0. The molecule has 6 nitrogen and oxygen atoms in total. The van der Waals surface area contributed by atoms with E-state index in [9.17, 15) is 4.79 Å². The summed E-state index contributed by atoms with van der Waals surface area (Å²) in [6.07, 6.45) is 9.09. The van der Waals surface area contributed by atoms with E-state index in [-0.39, 0.29) is 0 Å². The Hall–Kier alpha value is -2.38. The van der Waals surface area contributed by atoms with Gasteiger partial charge in [0.05, 0.1) is 17.6 Å². The van der Waals surface area contributed by atoms with Crippen LogP contribution in [0.1, 0.15) is 50.2 Å². The zero-order chi connectivity index (χ0) is 19.4. The van der Waals surface area contributed by atoms with Crippen molar-refractivity contribution in [3.63, 3.8) is 0 Å². The molecule has 1 heterocycles. The van der Waals surface area contributed by atoms with Crippen molar-refractivity contribution in [1.82, 2.24) is 20.5 Å². The Morgan fingerprint density at radius 3 is 2.81 bits per heavy atom. The summed E-state index contributed by atoms with van der Waals surface area (Å²) in [6.45, 7) is 8.10. The van der Waals surface area contributed by atoms with Crippen LogP contribution in [0.5, 0.6) is 0 Å². The third-order valence-corrected chi connectivity index (χ3v) is 4.21. The quantitative estimate of drug-likeness (QED) is 0.423. The highest BCUT2D eigenvalue weighted by atomic mass is 32.2. The number of hydroxylamine groups is 1. The van der Waals surface area contributed by atoms with Crippen LogP contribution in [0, 0.1) is 0 Å². The summed E-state index contributed by atoms with van der Waals surface area (Å²) < 4.78 is 1.61. The molecule has 26 heavy (non-hydrogen) atoms. The van der Waals surface area contributed by atoms with Crippen molar-refractivity contribution in [2.75, 3.05) is 0 Å². The standard InChI is InChI=1S/C17H20N4O2S.C2H6/c1-3-6-16(7-4-2)24-12-14-11-21(20-18-14)15-9-5-8-13(10-15)17(22)19-23;1-2/h3,5-11,23H,4,12H2,1-2H3,(H,19,22);1-2H3/b6-3-,16-7+;. The maximum Gasteiger partial charge on any atom is 0.274 e. The number of allylic oxidation sites excluding steroid dienone is 3. The lowest BCUT2D eigenvalue weighted by Crippen LogP contribution is -2.18. The number of thioether (sulfide) groups is 1. The van der Waals surface area contributed by atoms with Gasteiger partial charge in [0.15, 0.2) is 0 Å². The fourth-order valence-electron chi connectivity index (χ4n) is 2.04. The molecule has 2 aromatic rings. The molecule has 0 spiro atoms. The molecule has 7 heteroatoms. The Morgan fingerprint density at radius 2 is 2.15 bits per heavy atom. The maximum absolute atomic E-state index is 11.5. The third kappa shape index (κ3) is 6.50. The minimum atomic E-state index is -0.562. The molecular formula is C19H26N4O2S. The fourth-order valence-corrected chi connectivity index (χ4v) is 3.01. The molecule has 2 N–H and O–H groups in total.